The topological polar surface area (TPSA) is 50.3 Å². The van der Waals surface area contributed by atoms with Gasteiger partial charge in [-0.3, -0.25) is 4.98 Å². The molecule has 4 nitrogen and oxygen atoms in total. The van der Waals surface area contributed by atoms with E-state index in [1.54, 1.807) is 30.5 Å². The van der Waals surface area contributed by atoms with E-state index in [4.69, 9.17) is 11.6 Å². The van der Waals surface area contributed by atoms with Crippen LogP contribution in [0.15, 0.2) is 53.7 Å². The van der Waals surface area contributed by atoms with Crippen molar-refractivity contribution in [3.63, 3.8) is 0 Å². The molecule has 0 N–H and O–H groups in total. The number of rotatable bonds is 4. The summed E-state index contributed by atoms with van der Waals surface area (Å²) < 4.78 is 26.9. The van der Waals surface area contributed by atoms with Gasteiger partial charge in [0.15, 0.2) is 0 Å². The molecular weight excluding hydrogens is 320 g/mol. The summed E-state index contributed by atoms with van der Waals surface area (Å²) >= 11 is 6.04. The fourth-order valence-corrected chi connectivity index (χ4v) is 4.85. The first kappa shape index (κ1) is 15.5. The maximum atomic E-state index is 12.7. The number of aromatic nitrogens is 1. The van der Waals surface area contributed by atoms with Crippen LogP contribution in [0.4, 0.5) is 0 Å². The summed E-state index contributed by atoms with van der Waals surface area (Å²) in [6.45, 7) is 1.07. The maximum Gasteiger partial charge on any atom is 0.244 e. The van der Waals surface area contributed by atoms with Crippen LogP contribution in [0.25, 0.3) is 0 Å². The molecule has 2 aromatic rings. The zero-order valence-corrected chi connectivity index (χ0v) is 13.6. The van der Waals surface area contributed by atoms with Crippen molar-refractivity contribution in [2.24, 2.45) is 5.92 Å². The third-order valence-electron chi connectivity index (χ3n) is 3.95. The van der Waals surface area contributed by atoms with Crippen molar-refractivity contribution in [1.29, 1.82) is 0 Å². The molecular formula is C16H17ClN2O2S. The number of nitrogens with zero attached hydrogens (tertiary/aromatic N) is 2. The van der Waals surface area contributed by atoms with Crippen LogP contribution in [0.5, 0.6) is 0 Å². The van der Waals surface area contributed by atoms with Crippen molar-refractivity contribution >= 4 is 21.6 Å². The molecule has 0 radical (unpaired) electrons. The van der Waals surface area contributed by atoms with Crippen LogP contribution in [-0.2, 0) is 16.4 Å². The van der Waals surface area contributed by atoms with E-state index in [0.717, 1.165) is 18.4 Å². The van der Waals surface area contributed by atoms with E-state index in [1.165, 1.54) is 4.31 Å². The van der Waals surface area contributed by atoms with Gasteiger partial charge in [0.2, 0.25) is 10.0 Å². The molecule has 1 aromatic heterocycles. The minimum atomic E-state index is -3.51. The van der Waals surface area contributed by atoms with Gasteiger partial charge in [0, 0.05) is 25.5 Å². The van der Waals surface area contributed by atoms with Crippen LogP contribution in [0, 0.1) is 5.92 Å². The van der Waals surface area contributed by atoms with E-state index in [2.05, 4.69) is 4.98 Å². The molecule has 2 heterocycles. The standard InChI is InChI=1S/C16H17ClN2O2S/c17-15-5-1-2-6-16(15)22(20,21)19-9-7-14(12-19)10-13-4-3-8-18-11-13/h1-6,8,11,14H,7,9-10,12H2. The molecule has 116 valence electrons. The molecule has 1 fully saturated rings. The second-order valence-electron chi connectivity index (χ2n) is 5.51. The Hall–Kier alpha value is -1.43. The molecule has 6 heteroatoms. The largest absolute Gasteiger partial charge is 0.264 e. The van der Waals surface area contributed by atoms with Crippen LogP contribution in [-0.4, -0.2) is 30.8 Å². The van der Waals surface area contributed by atoms with E-state index in [1.807, 2.05) is 18.3 Å². The number of hydrogen-bond acceptors (Lipinski definition) is 3. The highest BCUT2D eigenvalue weighted by Gasteiger charge is 2.33. The molecule has 1 aromatic carbocycles. The molecule has 0 bridgehead atoms. The third-order valence-corrected chi connectivity index (χ3v) is 6.32. The third kappa shape index (κ3) is 3.16. The Morgan fingerprint density at radius 3 is 2.77 bits per heavy atom. The van der Waals surface area contributed by atoms with E-state index in [-0.39, 0.29) is 9.92 Å². The van der Waals surface area contributed by atoms with Gasteiger partial charge in [-0.2, -0.15) is 4.31 Å². The molecule has 0 spiro atoms. The van der Waals surface area contributed by atoms with Crippen molar-refractivity contribution in [3.8, 4) is 0 Å². The first-order chi connectivity index (χ1) is 10.6. The monoisotopic (exact) mass is 336 g/mol. The molecule has 0 saturated carbocycles. The molecule has 3 rings (SSSR count). The second kappa shape index (κ2) is 6.36. The lowest BCUT2D eigenvalue weighted by Crippen LogP contribution is -2.29. The maximum absolute atomic E-state index is 12.7. The summed E-state index contributed by atoms with van der Waals surface area (Å²) in [6.07, 6.45) is 5.29. The minimum absolute atomic E-state index is 0.193. The van der Waals surface area contributed by atoms with Gasteiger partial charge in [0.25, 0.3) is 0 Å². The smallest absolute Gasteiger partial charge is 0.244 e. The molecule has 1 saturated heterocycles. The Bertz CT molecular complexity index is 750. The van der Waals surface area contributed by atoms with E-state index in [9.17, 15) is 8.42 Å². The zero-order valence-electron chi connectivity index (χ0n) is 12.0. The van der Waals surface area contributed by atoms with Crippen LogP contribution in [0.3, 0.4) is 0 Å². The molecule has 0 amide bonds. The van der Waals surface area contributed by atoms with E-state index in [0.29, 0.717) is 19.0 Å². The highest BCUT2D eigenvalue weighted by Crippen LogP contribution is 2.29. The van der Waals surface area contributed by atoms with Crippen molar-refractivity contribution in [2.75, 3.05) is 13.1 Å². The van der Waals surface area contributed by atoms with Gasteiger partial charge >= 0.3 is 0 Å². The summed E-state index contributed by atoms with van der Waals surface area (Å²) in [7, 11) is -3.51. The summed E-state index contributed by atoms with van der Waals surface area (Å²) in [4.78, 5) is 4.30. The first-order valence-electron chi connectivity index (χ1n) is 7.21. The number of hydrogen-bond donors (Lipinski definition) is 0. The second-order valence-corrected chi connectivity index (χ2v) is 7.83. The van der Waals surface area contributed by atoms with Crippen LogP contribution in [0.2, 0.25) is 5.02 Å². The average molecular weight is 337 g/mol. The molecule has 1 atom stereocenters. The lowest BCUT2D eigenvalue weighted by atomic mass is 10.0. The molecule has 1 aliphatic heterocycles. The summed E-state index contributed by atoms with van der Waals surface area (Å²) in [6, 6.07) is 10.5. The Morgan fingerprint density at radius 2 is 2.05 bits per heavy atom. The number of sulfonamides is 1. The minimum Gasteiger partial charge on any atom is -0.264 e. The van der Waals surface area contributed by atoms with Gasteiger partial charge in [0.1, 0.15) is 4.90 Å². The number of pyridine rings is 1. The number of halogens is 1. The quantitative estimate of drug-likeness (QED) is 0.862. The Kier molecular flexibility index (Phi) is 4.47. The summed E-state index contributed by atoms with van der Waals surface area (Å²) in [5.74, 6) is 0.321. The van der Waals surface area contributed by atoms with Gasteiger partial charge < -0.3 is 0 Å². The van der Waals surface area contributed by atoms with Gasteiger partial charge in [0.05, 0.1) is 5.02 Å². The highest BCUT2D eigenvalue weighted by molar-refractivity contribution is 7.89. The fraction of sp³-hybridized carbons (Fsp3) is 0.312. The van der Waals surface area contributed by atoms with Crippen molar-refractivity contribution in [3.05, 3.63) is 59.4 Å². The molecule has 0 aliphatic carbocycles. The van der Waals surface area contributed by atoms with Gasteiger partial charge in [-0.1, -0.05) is 29.8 Å². The van der Waals surface area contributed by atoms with Crippen molar-refractivity contribution < 1.29 is 8.42 Å². The van der Waals surface area contributed by atoms with Crippen LogP contribution < -0.4 is 0 Å². The summed E-state index contributed by atoms with van der Waals surface area (Å²) in [5.41, 5.74) is 1.14. The normalized spacial score (nSPS) is 19.4. The van der Waals surface area contributed by atoms with Crippen LogP contribution in [0.1, 0.15) is 12.0 Å². The van der Waals surface area contributed by atoms with Gasteiger partial charge in [-0.05, 0) is 42.5 Å². The van der Waals surface area contributed by atoms with Crippen molar-refractivity contribution in [1.82, 2.24) is 9.29 Å². The zero-order chi connectivity index (χ0) is 15.6. The summed E-state index contributed by atoms with van der Waals surface area (Å²) in [5, 5.41) is 0.276. The van der Waals surface area contributed by atoms with E-state index >= 15 is 0 Å². The Morgan fingerprint density at radius 1 is 1.23 bits per heavy atom. The SMILES string of the molecule is O=S(=O)(c1ccccc1Cl)N1CCC(Cc2cccnc2)C1. The Labute approximate surface area is 135 Å². The first-order valence-corrected chi connectivity index (χ1v) is 9.03. The predicted molar refractivity (Wildman–Crippen MR) is 86.3 cm³/mol. The highest BCUT2D eigenvalue weighted by atomic mass is 35.5. The molecule has 1 unspecified atom stereocenters. The average Bonchev–Trinajstić information content (AvgIpc) is 2.98. The van der Waals surface area contributed by atoms with Gasteiger partial charge in [-0.15, -0.1) is 0 Å². The molecule has 1 aliphatic rings. The van der Waals surface area contributed by atoms with E-state index < -0.39 is 10.0 Å². The van der Waals surface area contributed by atoms with Crippen LogP contribution >= 0.6 is 11.6 Å². The van der Waals surface area contributed by atoms with Gasteiger partial charge in [-0.25, -0.2) is 8.42 Å². The van der Waals surface area contributed by atoms with Crippen molar-refractivity contribution in [2.45, 2.75) is 17.7 Å². The lowest BCUT2D eigenvalue weighted by molar-refractivity contribution is 0.456. The number of benzene rings is 1. The Balaban J connectivity index is 1.74. The fourth-order valence-electron chi connectivity index (χ4n) is 2.83. The molecule has 22 heavy (non-hydrogen) atoms. The predicted octanol–water partition coefficient (Wildman–Crippen LogP) is 2.99. The lowest BCUT2D eigenvalue weighted by Gasteiger charge is -2.17.